The Morgan fingerprint density at radius 2 is 2.03 bits per heavy atom. The zero-order chi connectivity index (χ0) is 21.0. The largest absolute Gasteiger partial charge is 0.457 e. The molecule has 1 saturated heterocycles. The molecule has 0 radical (unpaired) electrons. The van der Waals surface area contributed by atoms with Crippen molar-refractivity contribution in [2.24, 2.45) is 10.9 Å². The molecule has 0 saturated carbocycles. The Morgan fingerprint density at radius 1 is 1.16 bits per heavy atom. The van der Waals surface area contributed by atoms with Gasteiger partial charge in [-0.2, -0.15) is 0 Å². The van der Waals surface area contributed by atoms with E-state index >= 15 is 0 Å². The number of aliphatic imine (C=N–C) groups is 1. The van der Waals surface area contributed by atoms with Crippen molar-refractivity contribution in [1.29, 1.82) is 0 Å². The van der Waals surface area contributed by atoms with E-state index in [2.05, 4.69) is 40.1 Å². The van der Waals surface area contributed by atoms with E-state index in [9.17, 15) is 0 Å². The summed E-state index contributed by atoms with van der Waals surface area (Å²) in [7, 11) is 2.15. The number of nitrogens with zero attached hydrogens (tertiary/aromatic N) is 3. The number of fused-ring (bicyclic) bond motifs is 1. The Hall–Kier alpha value is -2.96. The Labute approximate surface area is 182 Å². The quantitative estimate of drug-likeness (QED) is 0.607. The summed E-state index contributed by atoms with van der Waals surface area (Å²) < 4.78 is 11.7. The van der Waals surface area contributed by atoms with Gasteiger partial charge in [0, 0.05) is 25.4 Å². The third-order valence-electron chi connectivity index (χ3n) is 5.85. The number of aromatic nitrogens is 2. The molecule has 6 heteroatoms. The third kappa shape index (κ3) is 4.86. The van der Waals surface area contributed by atoms with Gasteiger partial charge in [-0.1, -0.05) is 12.1 Å². The van der Waals surface area contributed by atoms with Crippen LogP contribution in [0, 0.1) is 5.92 Å². The van der Waals surface area contributed by atoms with Gasteiger partial charge in [0.15, 0.2) is 0 Å². The van der Waals surface area contributed by atoms with E-state index in [1.54, 1.807) is 0 Å². The van der Waals surface area contributed by atoms with Crippen molar-refractivity contribution in [3.8, 4) is 11.5 Å². The van der Waals surface area contributed by atoms with E-state index in [1.807, 2.05) is 36.5 Å². The van der Waals surface area contributed by atoms with Crippen LogP contribution in [-0.4, -0.2) is 54.4 Å². The molecule has 160 valence electrons. The standard InChI is InChI=1S/C25H28N4O2/c1-29(15-18-3-2-12-30-17-18)16-25-27-23-9-8-22(13-24(23)28-25)31-21-6-4-19(5-7-21)20-10-11-26-14-20/h4-11,13,18H,2-3,12,14-17H2,1H3,(H,27,28). The van der Waals surface area contributed by atoms with Gasteiger partial charge in [0.05, 0.1) is 30.7 Å². The van der Waals surface area contributed by atoms with E-state index in [1.165, 1.54) is 24.0 Å². The molecule has 1 N–H and O–H groups in total. The first-order chi connectivity index (χ1) is 15.2. The number of H-pyrrole nitrogens is 1. The van der Waals surface area contributed by atoms with Crippen LogP contribution >= 0.6 is 0 Å². The maximum atomic E-state index is 6.07. The first kappa shape index (κ1) is 20.0. The van der Waals surface area contributed by atoms with Crippen molar-refractivity contribution in [2.75, 3.05) is 33.4 Å². The van der Waals surface area contributed by atoms with Gasteiger partial charge in [-0.25, -0.2) is 4.98 Å². The number of allylic oxidation sites excluding steroid dienone is 1. The summed E-state index contributed by atoms with van der Waals surface area (Å²) in [5, 5.41) is 0. The topological polar surface area (TPSA) is 62.7 Å². The SMILES string of the molecule is CN(Cc1nc2ccc(Oc3ccc(C4=CC=NC4)cc3)cc2[nH]1)CC1CCCOC1. The molecule has 3 aromatic rings. The molecule has 3 heterocycles. The monoisotopic (exact) mass is 416 g/mol. The second-order valence-electron chi connectivity index (χ2n) is 8.45. The molecule has 0 spiro atoms. The highest BCUT2D eigenvalue weighted by molar-refractivity contribution is 5.89. The lowest BCUT2D eigenvalue weighted by Gasteiger charge is -2.26. The van der Waals surface area contributed by atoms with Crippen LogP contribution in [-0.2, 0) is 11.3 Å². The molecule has 0 amide bonds. The average Bonchev–Trinajstić information content (AvgIpc) is 3.44. The van der Waals surface area contributed by atoms with Gasteiger partial charge in [-0.3, -0.25) is 9.89 Å². The molecule has 5 rings (SSSR count). The molecule has 1 unspecified atom stereocenters. The van der Waals surface area contributed by atoms with Crippen molar-refractivity contribution in [2.45, 2.75) is 19.4 Å². The van der Waals surface area contributed by atoms with Gasteiger partial charge < -0.3 is 14.5 Å². The van der Waals surface area contributed by atoms with Crippen LogP contribution in [0.5, 0.6) is 11.5 Å². The number of imidazole rings is 1. The zero-order valence-corrected chi connectivity index (χ0v) is 17.9. The third-order valence-corrected chi connectivity index (χ3v) is 5.85. The van der Waals surface area contributed by atoms with Gasteiger partial charge in [-0.15, -0.1) is 0 Å². The zero-order valence-electron chi connectivity index (χ0n) is 17.9. The van der Waals surface area contributed by atoms with E-state index in [-0.39, 0.29) is 0 Å². The summed E-state index contributed by atoms with van der Waals surface area (Å²) >= 11 is 0. The van der Waals surface area contributed by atoms with Crippen molar-refractivity contribution in [1.82, 2.24) is 14.9 Å². The Balaban J connectivity index is 1.22. The summed E-state index contributed by atoms with van der Waals surface area (Å²) in [6.07, 6.45) is 6.33. The highest BCUT2D eigenvalue weighted by Gasteiger charge is 2.17. The fourth-order valence-electron chi connectivity index (χ4n) is 4.30. The number of ether oxygens (including phenoxy) is 2. The van der Waals surface area contributed by atoms with Gasteiger partial charge in [0.2, 0.25) is 0 Å². The predicted molar refractivity (Wildman–Crippen MR) is 124 cm³/mol. The van der Waals surface area contributed by atoms with Crippen LogP contribution in [0.4, 0.5) is 0 Å². The van der Waals surface area contributed by atoms with Crippen LogP contribution in [0.15, 0.2) is 53.5 Å². The van der Waals surface area contributed by atoms with Crippen molar-refractivity contribution >= 4 is 22.8 Å². The second-order valence-corrected chi connectivity index (χ2v) is 8.45. The normalized spacial score (nSPS) is 18.6. The van der Waals surface area contributed by atoms with Crippen LogP contribution in [0.25, 0.3) is 16.6 Å². The lowest BCUT2D eigenvalue weighted by atomic mass is 10.0. The first-order valence-electron chi connectivity index (χ1n) is 11.0. The highest BCUT2D eigenvalue weighted by Crippen LogP contribution is 2.27. The molecule has 31 heavy (non-hydrogen) atoms. The summed E-state index contributed by atoms with van der Waals surface area (Å²) in [5.74, 6) is 3.21. The Kier molecular flexibility index (Phi) is 5.82. The number of nitrogens with one attached hydrogen (secondary N) is 1. The molecule has 0 bridgehead atoms. The molecular formula is C25H28N4O2. The number of aromatic amines is 1. The van der Waals surface area contributed by atoms with E-state index in [4.69, 9.17) is 14.5 Å². The minimum absolute atomic E-state index is 0.618. The fraction of sp³-hybridized carbons (Fsp3) is 0.360. The lowest BCUT2D eigenvalue weighted by molar-refractivity contribution is 0.0409. The van der Waals surface area contributed by atoms with Crippen LogP contribution in [0.1, 0.15) is 24.2 Å². The first-order valence-corrected chi connectivity index (χ1v) is 11.0. The fourth-order valence-corrected chi connectivity index (χ4v) is 4.30. The molecule has 1 fully saturated rings. The van der Waals surface area contributed by atoms with Crippen molar-refractivity contribution in [3.05, 3.63) is 59.9 Å². The second kappa shape index (κ2) is 9.04. The maximum Gasteiger partial charge on any atom is 0.129 e. The lowest BCUT2D eigenvalue weighted by Crippen LogP contribution is -2.30. The highest BCUT2D eigenvalue weighted by atomic mass is 16.5. The molecule has 2 aliphatic heterocycles. The van der Waals surface area contributed by atoms with Crippen LogP contribution in [0.2, 0.25) is 0 Å². The van der Waals surface area contributed by atoms with Gasteiger partial charge in [-0.05, 0) is 67.3 Å². The van der Waals surface area contributed by atoms with Crippen LogP contribution < -0.4 is 4.74 Å². The summed E-state index contributed by atoms with van der Waals surface area (Å²) in [5.41, 5.74) is 4.37. The van der Waals surface area contributed by atoms with Gasteiger partial charge in [0.1, 0.15) is 17.3 Å². The van der Waals surface area contributed by atoms with E-state index in [0.717, 1.165) is 61.2 Å². The molecular weight excluding hydrogens is 388 g/mol. The molecule has 1 aromatic heterocycles. The average molecular weight is 417 g/mol. The van der Waals surface area contributed by atoms with Gasteiger partial charge in [0.25, 0.3) is 0 Å². The van der Waals surface area contributed by atoms with Crippen molar-refractivity contribution in [3.63, 3.8) is 0 Å². The number of benzene rings is 2. The van der Waals surface area contributed by atoms with Crippen molar-refractivity contribution < 1.29 is 9.47 Å². The molecule has 2 aromatic carbocycles. The maximum absolute atomic E-state index is 6.07. The predicted octanol–water partition coefficient (Wildman–Crippen LogP) is 4.68. The number of hydrogen-bond acceptors (Lipinski definition) is 5. The molecule has 2 aliphatic rings. The molecule has 6 nitrogen and oxygen atoms in total. The van der Waals surface area contributed by atoms with Gasteiger partial charge >= 0.3 is 0 Å². The van der Waals surface area contributed by atoms with Crippen LogP contribution in [0.3, 0.4) is 0 Å². The summed E-state index contributed by atoms with van der Waals surface area (Å²) in [6.45, 7) is 4.36. The smallest absolute Gasteiger partial charge is 0.129 e. The minimum Gasteiger partial charge on any atom is -0.457 e. The Morgan fingerprint density at radius 3 is 2.81 bits per heavy atom. The minimum atomic E-state index is 0.618. The number of rotatable bonds is 7. The summed E-state index contributed by atoms with van der Waals surface area (Å²) in [6, 6.07) is 14.2. The number of hydrogen-bond donors (Lipinski definition) is 1. The molecule has 0 aliphatic carbocycles. The van der Waals surface area contributed by atoms with E-state index in [0.29, 0.717) is 5.92 Å². The van der Waals surface area contributed by atoms with E-state index < -0.39 is 0 Å². The molecule has 1 atom stereocenters. The summed E-state index contributed by atoms with van der Waals surface area (Å²) in [4.78, 5) is 14.8. The Bertz CT molecular complexity index is 1090.